The molecule has 1 N–H and O–H groups in total. The van der Waals surface area contributed by atoms with Crippen LogP contribution >= 0.6 is 0 Å². The van der Waals surface area contributed by atoms with Gasteiger partial charge >= 0.3 is 0 Å². The van der Waals surface area contributed by atoms with Crippen molar-refractivity contribution in [3.8, 4) is 5.75 Å². The van der Waals surface area contributed by atoms with Crippen LogP contribution in [0, 0.1) is 6.92 Å². The smallest absolute Gasteiger partial charge is 0.295 e. The molecule has 1 amide bonds. The van der Waals surface area contributed by atoms with Gasteiger partial charge in [0.15, 0.2) is 0 Å². The summed E-state index contributed by atoms with van der Waals surface area (Å²) < 4.78 is 11.1. The molecule has 0 radical (unpaired) electrons. The van der Waals surface area contributed by atoms with Gasteiger partial charge in [0.05, 0.1) is 24.0 Å². The van der Waals surface area contributed by atoms with E-state index in [0.29, 0.717) is 43.2 Å². The topological polar surface area (TPSA) is 89.0 Å². The number of likely N-dealkylation sites (tertiary alicyclic amines) is 1. The number of aryl methyl sites for hydroxylation is 1. The molecule has 170 valence electrons. The molecule has 1 atom stereocenters. The minimum Gasteiger partial charge on any atom is -0.507 e. The van der Waals surface area contributed by atoms with Crippen LogP contribution in [0.15, 0.2) is 48.2 Å². The summed E-state index contributed by atoms with van der Waals surface area (Å²) in [4.78, 5) is 31.8. The second-order valence-corrected chi connectivity index (χ2v) is 7.93. The molecule has 0 spiro atoms. The molecule has 1 aromatic heterocycles. The summed E-state index contributed by atoms with van der Waals surface area (Å²) in [5.74, 6) is -0.870. The minimum atomic E-state index is -0.762. The van der Waals surface area contributed by atoms with E-state index in [0.717, 1.165) is 5.56 Å². The SMILES string of the molecule is CCOc1ccc(/C(O)=C2/C(=O)C(=O)N(CCCOC(C)C)C2c2ccccn2)cc1C. The van der Waals surface area contributed by atoms with Crippen LogP contribution in [0.4, 0.5) is 0 Å². The highest BCUT2D eigenvalue weighted by atomic mass is 16.5. The van der Waals surface area contributed by atoms with E-state index in [1.165, 1.54) is 4.90 Å². The highest BCUT2D eigenvalue weighted by Crippen LogP contribution is 2.39. The van der Waals surface area contributed by atoms with Crippen LogP contribution in [-0.2, 0) is 14.3 Å². The number of aliphatic hydroxyl groups is 1. The summed E-state index contributed by atoms with van der Waals surface area (Å²) in [5.41, 5.74) is 1.85. The Morgan fingerprint density at radius 1 is 1.22 bits per heavy atom. The first-order valence-corrected chi connectivity index (χ1v) is 10.9. The number of ketones is 1. The Balaban J connectivity index is 2.01. The van der Waals surface area contributed by atoms with E-state index >= 15 is 0 Å². The highest BCUT2D eigenvalue weighted by Gasteiger charge is 2.46. The third-order valence-electron chi connectivity index (χ3n) is 5.25. The quantitative estimate of drug-likeness (QED) is 0.275. The van der Waals surface area contributed by atoms with Gasteiger partial charge in [-0.15, -0.1) is 0 Å². The molecule has 7 heteroatoms. The average Bonchev–Trinajstić information content (AvgIpc) is 3.03. The number of nitrogens with zero attached hydrogens (tertiary/aromatic N) is 2. The van der Waals surface area contributed by atoms with Gasteiger partial charge in [0.2, 0.25) is 0 Å². The zero-order valence-electron chi connectivity index (χ0n) is 19.0. The van der Waals surface area contributed by atoms with Crippen molar-refractivity contribution in [3.05, 3.63) is 65.0 Å². The number of aliphatic hydroxyl groups excluding tert-OH is 1. The number of ether oxygens (including phenoxy) is 2. The summed E-state index contributed by atoms with van der Waals surface area (Å²) in [6.07, 6.45) is 2.26. The van der Waals surface area contributed by atoms with Gasteiger partial charge in [-0.1, -0.05) is 6.07 Å². The average molecular weight is 439 g/mol. The van der Waals surface area contributed by atoms with E-state index in [9.17, 15) is 14.7 Å². The van der Waals surface area contributed by atoms with Crippen molar-refractivity contribution in [2.75, 3.05) is 19.8 Å². The number of rotatable bonds is 9. The van der Waals surface area contributed by atoms with Crippen LogP contribution in [0.3, 0.4) is 0 Å². The molecule has 1 aliphatic heterocycles. The molecule has 1 fully saturated rings. The zero-order valence-corrected chi connectivity index (χ0v) is 19.0. The number of hydrogen-bond donors (Lipinski definition) is 1. The lowest BCUT2D eigenvalue weighted by molar-refractivity contribution is -0.140. The molecule has 2 aromatic rings. The van der Waals surface area contributed by atoms with Gasteiger partial charge in [0, 0.05) is 24.9 Å². The number of amides is 1. The van der Waals surface area contributed by atoms with E-state index < -0.39 is 17.7 Å². The van der Waals surface area contributed by atoms with E-state index in [4.69, 9.17) is 9.47 Å². The maximum Gasteiger partial charge on any atom is 0.295 e. The van der Waals surface area contributed by atoms with Crippen LogP contribution in [0.25, 0.3) is 5.76 Å². The molecule has 0 bridgehead atoms. The Bertz CT molecular complexity index is 1000. The molecule has 7 nitrogen and oxygen atoms in total. The van der Waals surface area contributed by atoms with Crippen molar-refractivity contribution >= 4 is 17.4 Å². The fourth-order valence-corrected chi connectivity index (χ4v) is 3.78. The van der Waals surface area contributed by atoms with Gasteiger partial charge in [-0.05, 0) is 70.0 Å². The Morgan fingerprint density at radius 2 is 2.00 bits per heavy atom. The first-order valence-electron chi connectivity index (χ1n) is 10.9. The lowest BCUT2D eigenvalue weighted by Crippen LogP contribution is -2.31. The fourth-order valence-electron chi connectivity index (χ4n) is 3.78. The maximum atomic E-state index is 13.0. The van der Waals surface area contributed by atoms with Crippen molar-refractivity contribution < 1.29 is 24.2 Å². The van der Waals surface area contributed by atoms with E-state index in [2.05, 4.69) is 4.98 Å². The summed E-state index contributed by atoms with van der Waals surface area (Å²) in [6, 6.07) is 9.75. The molecule has 1 unspecified atom stereocenters. The predicted molar refractivity (Wildman–Crippen MR) is 121 cm³/mol. The number of carbonyl (C=O) groups is 2. The minimum absolute atomic E-state index is 0.0436. The molecule has 0 aliphatic carbocycles. The van der Waals surface area contributed by atoms with Gasteiger partial charge < -0.3 is 19.5 Å². The van der Waals surface area contributed by atoms with Crippen molar-refractivity contribution in [3.63, 3.8) is 0 Å². The molecule has 32 heavy (non-hydrogen) atoms. The highest BCUT2D eigenvalue weighted by molar-refractivity contribution is 6.46. The first kappa shape index (κ1) is 23.5. The third kappa shape index (κ3) is 4.99. The van der Waals surface area contributed by atoms with Gasteiger partial charge in [0.1, 0.15) is 17.6 Å². The lowest BCUT2D eigenvalue weighted by Gasteiger charge is -2.24. The van der Waals surface area contributed by atoms with Crippen LogP contribution in [0.2, 0.25) is 0 Å². The molecular formula is C25H30N2O5. The normalized spacial score (nSPS) is 17.9. The van der Waals surface area contributed by atoms with Crippen molar-refractivity contribution in [2.45, 2.75) is 46.3 Å². The Hall–Kier alpha value is -3.19. The monoisotopic (exact) mass is 438 g/mol. The second kappa shape index (κ2) is 10.4. The number of aromatic nitrogens is 1. The van der Waals surface area contributed by atoms with Crippen molar-refractivity contribution in [1.82, 2.24) is 9.88 Å². The Kier molecular flexibility index (Phi) is 7.64. The Morgan fingerprint density at radius 3 is 2.62 bits per heavy atom. The summed E-state index contributed by atoms with van der Waals surface area (Å²) in [5, 5.41) is 11.1. The van der Waals surface area contributed by atoms with E-state index in [-0.39, 0.29) is 17.4 Å². The number of Topliss-reactive ketones (excluding diaryl/α,β-unsaturated/α-hetero) is 1. The fraction of sp³-hybridized carbons (Fsp3) is 0.400. The van der Waals surface area contributed by atoms with E-state index in [1.807, 2.05) is 27.7 Å². The standard InChI is InChI=1S/C25H30N2O5/c1-5-31-20-11-10-18(15-17(20)4)23(28)21-22(19-9-6-7-12-26-19)27(25(30)24(21)29)13-8-14-32-16(2)3/h6-7,9-12,15-16,22,28H,5,8,13-14H2,1-4H3/b23-21-. The zero-order chi connectivity index (χ0) is 23.3. The summed E-state index contributed by atoms with van der Waals surface area (Å²) >= 11 is 0. The lowest BCUT2D eigenvalue weighted by atomic mass is 9.97. The molecule has 1 saturated heterocycles. The molecule has 1 aliphatic rings. The van der Waals surface area contributed by atoms with Gasteiger partial charge in [0.25, 0.3) is 11.7 Å². The van der Waals surface area contributed by atoms with Crippen LogP contribution in [0.1, 0.15) is 50.1 Å². The second-order valence-electron chi connectivity index (χ2n) is 7.93. The van der Waals surface area contributed by atoms with Gasteiger partial charge in [-0.3, -0.25) is 14.6 Å². The molecule has 2 heterocycles. The van der Waals surface area contributed by atoms with Gasteiger partial charge in [-0.25, -0.2) is 0 Å². The van der Waals surface area contributed by atoms with Crippen LogP contribution < -0.4 is 4.74 Å². The molecule has 3 rings (SSSR count). The largest absolute Gasteiger partial charge is 0.507 e. The van der Waals surface area contributed by atoms with Gasteiger partial charge in [-0.2, -0.15) is 0 Å². The van der Waals surface area contributed by atoms with Crippen molar-refractivity contribution in [2.24, 2.45) is 0 Å². The predicted octanol–water partition coefficient (Wildman–Crippen LogP) is 4.03. The summed E-state index contributed by atoms with van der Waals surface area (Å²) in [7, 11) is 0. The van der Waals surface area contributed by atoms with E-state index in [1.54, 1.807) is 42.6 Å². The number of benzene rings is 1. The number of hydrogen-bond acceptors (Lipinski definition) is 6. The third-order valence-corrected chi connectivity index (χ3v) is 5.25. The first-order chi connectivity index (χ1) is 15.3. The number of pyridine rings is 1. The molecule has 0 saturated carbocycles. The number of carbonyl (C=O) groups excluding carboxylic acids is 2. The Labute approximate surface area is 188 Å². The van der Waals surface area contributed by atoms with Crippen LogP contribution in [-0.4, -0.2) is 52.5 Å². The van der Waals surface area contributed by atoms with Crippen molar-refractivity contribution in [1.29, 1.82) is 0 Å². The molecular weight excluding hydrogens is 408 g/mol. The maximum absolute atomic E-state index is 13.0. The summed E-state index contributed by atoms with van der Waals surface area (Å²) in [6.45, 7) is 8.96. The molecule has 1 aromatic carbocycles. The van der Waals surface area contributed by atoms with Crippen LogP contribution in [0.5, 0.6) is 5.75 Å².